The van der Waals surface area contributed by atoms with Gasteiger partial charge in [0.2, 0.25) is 0 Å². The SMILES string of the molecule is CC(F)(F)c1cccc(-c2nc3occn3c2C2=CC=N[C@@](C)(N[C@H]3CN4CCCCCC34)N2)c1. The lowest BCUT2D eigenvalue weighted by Crippen LogP contribution is -2.71. The van der Waals surface area contributed by atoms with Gasteiger partial charge in [0, 0.05) is 49.1 Å². The topological polar surface area (TPSA) is 70.1 Å². The van der Waals surface area contributed by atoms with E-state index in [4.69, 9.17) is 9.41 Å². The predicted octanol–water partition coefficient (Wildman–Crippen LogP) is 4.61. The zero-order valence-corrected chi connectivity index (χ0v) is 20.0. The van der Waals surface area contributed by atoms with E-state index in [1.54, 1.807) is 30.8 Å². The standard InChI is InChI=1S/C26H30F2N6O/c1-25(27,28)18-8-6-7-17(15-18)22-23(34-13-14-35-24(34)30-22)19-10-11-29-26(2,31-19)32-20-16-33-12-5-3-4-9-21(20)33/h6-8,10-11,13-15,20-21,31-32H,3-5,9,12,16H2,1-2H3/t20-,21?,26+/m0/s1. The maximum atomic E-state index is 14.1. The first-order chi connectivity index (χ1) is 16.8. The number of nitrogens with one attached hydrogen (secondary N) is 2. The highest BCUT2D eigenvalue weighted by Gasteiger charge is 2.43. The average molecular weight is 481 g/mol. The summed E-state index contributed by atoms with van der Waals surface area (Å²) in [5, 5.41) is 7.30. The van der Waals surface area contributed by atoms with E-state index in [9.17, 15) is 8.78 Å². The number of imidazole rings is 1. The van der Waals surface area contributed by atoms with Gasteiger partial charge in [0.1, 0.15) is 12.0 Å². The first-order valence-corrected chi connectivity index (χ1v) is 12.3. The van der Waals surface area contributed by atoms with E-state index >= 15 is 0 Å². The van der Waals surface area contributed by atoms with Crippen molar-refractivity contribution in [3.05, 3.63) is 54.1 Å². The molecule has 3 aliphatic heterocycles. The van der Waals surface area contributed by atoms with Crippen molar-refractivity contribution in [3.8, 4) is 11.3 Å². The molecule has 184 valence electrons. The Labute approximate surface area is 202 Å². The van der Waals surface area contributed by atoms with Crippen LogP contribution in [0.15, 0.2) is 52.2 Å². The van der Waals surface area contributed by atoms with E-state index in [0.29, 0.717) is 29.2 Å². The predicted molar refractivity (Wildman–Crippen MR) is 131 cm³/mol. The summed E-state index contributed by atoms with van der Waals surface area (Å²) in [6.07, 6.45) is 12.1. The van der Waals surface area contributed by atoms with Crippen LogP contribution in [0.5, 0.6) is 0 Å². The van der Waals surface area contributed by atoms with Crippen molar-refractivity contribution in [2.24, 2.45) is 4.99 Å². The highest BCUT2D eigenvalue weighted by atomic mass is 19.3. The number of halogens is 2. The highest BCUT2D eigenvalue weighted by molar-refractivity contribution is 5.89. The molecule has 1 aromatic carbocycles. The van der Waals surface area contributed by atoms with Crippen molar-refractivity contribution in [1.29, 1.82) is 0 Å². The summed E-state index contributed by atoms with van der Waals surface area (Å²) in [5.41, 5.74) is 2.66. The molecule has 3 aliphatic rings. The summed E-state index contributed by atoms with van der Waals surface area (Å²) in [6, 6.07) is 7.27. The smallest absolute Gasteiger partial charge is 0.306 e. The zero-order valence-electron chi connectivity index (χ0n) is 20.0. The first-order valence-electron chi connectivity index (χ1n) is 12.3. The molecule has 0 aliphatic carbocycles. The lowest BCUT2D eigenvalue weighted by molar-refractivity contribution is 0.0175. The van der Waals surface area contributed by atoms with E-state index in [1.165, 1.54) is 44.4 Å². The Morgan fingerprint density at radius 2 is 2.14 bits per heavy atom. The molecule has 6 rings (SSSR count). The third-order valence-corrected chi connectivity index (χ3v) is 7.39. The van der Waals surface area contributed by atoms with Crippen molar-refractivity contribution >= 4 is 17.8 Å². The van der Waals surface area contributed by atoms with Gasteiger partial charge in [-0.1, -0.05) is 31.0 Å². The fraction of sp³-hybridized carbons (Fsp3) is 0.462. The summed E-state index contributed by atoms with van der Waals surface area (Å²) in [4.78, 5) is 11.9. The Kier molecular flexibility index (Phi) is 5.30. The number of allylic oxidation sites excluding steroid dienone is 1. The van der Waals surface area contributed by atoms with Crippen LogP contribution in [0, 0.1) is 0 Å². The molecule has 0 spiro atoms. The molecule has 3 aromatic rings. The zero-order chi connectivity index (χ0) is 24.2. The second-order valence-electron chi connectivity index (χ2n) is 10.1. The largest absolute Gasteiger partial charge is 0.432 e. The highest BCUT2D eigenvalue weighted by Crippen LogP contribution is 2.35. The number of aromatic nitrogens is 2. The fourth-order valence-corrected chi connectivity index (χ4v) is 5.61. The van der Waals surface area contributed by atoms with Crippen LogP contribution in [0.4, 0.5) is 8.78 Å². The van der Waals surface area contributed by atoms with Crippen LogP contribution in [-0.4, -0.2) is 51.5 Å². The Hall–Kier alpha value is -3.04. The molecule has 2 fully saturated rings. The second-order valence-corrected chi connectivity index (χ2v) is 10.1. The van der Waals surface area contributed by atoms with Crippen molar-refractivity contribution in [1.82, 2.24) is 24.9 Å². The van der Waals surface area contributed by atoms with Crippen molar-refractivity contribution in [3.63, 3.8) is 0 Å². The summed E-state index contributed by atoms with van der Waals surface area (Å²) >= 11 is 0. The van der Waals surface area contributed by atoms with Gasteiger partial charge in [0.05, 0.1) is 11.4 Å². The molecular weight excluding hydrogens is 450 g/mol. The number of aliphatic imine (C=N–C) groups is 1. The van der Waals surface area contributed by atoms with Crippen LogP contribution in [0.3, 0.4) is 0 Å². The van der Waals surface area contributed by atoms with E-state index < -0.39 is 11.7 Å². The van der Waals surface area contributed by atoms with Crippen LogP contribution in [0.2, 0.25) is 0 Å². The maximum Gasteiger partial charge on any atom is 0.306 e. The van der Waals surface area contributed by atoms with Gasteiger partial charge in [-0.15, -0.1) is 0 Å². The summed E-state index contributed by atoms with van der Waals surface area (Å²) in [6.45, 7) is 5.13. The molecule has 2 saturated heterocycles. The van der Waals surface area contributed by atoms with Gasteiger partial charge in [0.15, 0.2) is 5.79 Å². The summed E-state index contributed by atoms with van der Waals surface area (Å²) < 4.78 is 35.5. The lowest BCUT2D eigenvalue weighted by Gasteiger charge is -2.51. The number of benzene rings is 1. The molecule has 2 aromatic heterocycles. The number of alkyl halides is 2. The molecular formula is C26H30F2N6O. The number of hydrogen-bond donors (Lipinski definition) is 2. The first kappa shape index (κ1) is 22.4. The van der Waals surface area contributed by atoms with Crippen molar-refractivity contribution in [2.75, 3.05) is 13.1 Å². The van der Waals surface area contributed by atoms with Gasteiger partial charge >= 0.3 is 5.84 Å². The van der Waals surface area contributed by atoms with Gasteiger partial charge < -0.3 is 9.73 Å². The number of oxazole rings is 1. The van der Waals surface area contributed by atoms with Crippen LogP contribution in [0.25, 0.3) is 22.8 Å². The molecule has 0 radical (unpaired) electrons. The molecule has 7 nitrogen and oxygen atoms in total. The van der Waals surface area contributed by atoms with E-state index in [0.717, 1.165) is 24.9 Å². The summed E-state index contributed by atoms with van der Waals surface area (Å²) in [5.74, 6) is -3.24. The number of fused-ring (bicyclic) bond motifs is 2. The molecule has 0 bridgehead atoms. The molecule has 2 N–H and O–H groups in total. The minimum atomic E-state index is -2.94. The number of nitrogens with zero attached hydrogens (tertiary/aromatic N) is 4. The molecule has 9 heteroatoms. The number of hydrogen-bond acceptors (Lipinski definition) is 6. The quantitative estimate of drug-likeness (QED) is 0.558. The third kappa shape index (κ3) is 4.06. The Morgan fingerprint density at radius 1 is 1.26 bits per heavy atom. The Balaban J connectivity index is 1.31. The van der Waals surface area contributed by atoms with Gasteiger partial charge in [-0.25, -0.2) is 8.78 Å². The monoisotopic (exact) mass is 480 g/mol. The third-order valence-electron chi connectivity index (χ3n) is 7.39. The molecule has 0 saturated carbocycles. The fourth-order valence-electron chi connectivity index (χ4n) is 5.61. The van der Waals surface area contributed by atoms with Gasteiger partial charge in [-0.3, -0.25) is 19.6 Å². The van der Waals surface area contributed by atoms with Crippen LogP contribution < -0.4 is 10.6 Å². The molecule has 5 heterocycles. The Bertz CT molecular complexity index is 1300. The lowest BCUT2D eigenvalue weighted by atomic mass is 9.92. The van der Waals surface area contributed by atoms with Gasteiger partial charge in [-0.05, 0) is 38.5 Å². The van der Waals surface area contributed by atoms with Gasteiger partial charge in [-0.2, -0.15) is 4.98 Å². The molecule has 35 heavy (non-hydrogen) atoms. The normalized spacial score (nSPS) is 27.1. The summed E-state index contributed by atoms with van der Waals surface area (Å²) in [7, 11) is 0. The number of rotatable bonds is 5. The van der Waals surface area contributed by atoms with E-state index in [-0.39, 0.29) is 5.56 Å². The average Bonchev–Trinajstić information content (AvgIpc) is 3.35. The van der Waals surface area contributed by atoms with Crippen molar-refractivity contribution in [2.45, 2.75) is 63.3 Å². The van der Waals surface area contributed by atoms with Crippen molar-refractivity contribution < 1.29 is 13.2 Å². The Morgan fingerprint density at radius 3 is 3.00 bits per heavy atom. The van der Waals surface area contributed by atoms with Crippen LogP contribution >= 0.6 is 0 Å². The van der Waals surface area contributed by atoms with E-state index in [2.05, 4.69) is 20.5 Å². The van der Waals surface area contributed by atoms with E-state index in [1.807, 2.05) is 17.4 Å². The molecule has 0 amide bonds. The molecule has 1 unspecified atom stereocenters. The van der Waals surface area contributed by atoms with Crippen LogP contribution in [0.1, 0.15) is 50.8 Å². The second kappa shape index (κ2) is 8.27. The minimum Gasteiger partial charge on any atom is -0.432 e. The molecule has 3 atom stereocenters. The van der Waals surface area contributed by atoms with Crippen LogP contribution in [-0.2, 0) is 5.92 Å². The maximum absolute atomic E-state index is 14.1. The van der Waals surface area contributed by atoms with Gasteiger partial charge in [0.25, 0.3) is 5.92 Å². The minimum absolute atomic E-state index is 0.0536.